The molecule has 2 bridgehead atoms. The highest BCUT2D eigenvalue weighted by molar-refractivity contribution is 5.85. The van der Waals surface area contributed by atoms with Crippen molar-refractivity contribution in [3.05, 3.63) is 0 Å². The molecule has 2 rings (SSSR count). The summed E-state index contributed by atoms with van der Waals surface area (Å²) in [7, 11) is 0. The summed E-state index contributed by atoms with van der Waals surface area (Å²) in [5.41, 5.74) is -3.77. The third-order valence-electron chi connectivity index (χ3n) is 2.68. The van der Waals surface area contributed by atoms with Crippen LogP contribution in [0.1, 0.15) is 20.8 Å². The molecule has 2 unspecified atom stereocenters. The molecule has 4 nitrogen and oxygen atoms in total. The Labute approximate surface area is 96.0 Å². The lowest BCUT2D eigenvalue weighted by Gasteiger charge is -2.32. The Kier molecular flexibility index (Phi) is 2.49. The highest BCUT2D eigenvalue weighted by Crippen LogP contribution is 2.49. The second-order valence-electron chi connectivity index (χ2n) is 5.14. The molecule has 0 N–H and O–H groups in total. The van der Waals surface area contributed by atoms with E-state index in [1.807, 2.05) is 0 Å². The molecule has 7 heteroatoms. The van der Waals surface area contributed by atoms with Gasteiger partial charge in [-0.2, -0.15) is 13.2 Å². The number of hydrogen-bond acceptors (Lipinski definition) is 4. The average molecular weight is 254 g/mol. The maximum atomic E-state index is 13.0. The summed E-state index contributed by atoms with van der Waals surface area (Å²) in [6, 6.07) is 0. The number of carbonyl (C=O) groups is 1. The van der Waals surface area contributed by atoms with E-state index in [4.69, 9.17) is 4.74 Å². The molecule has 3 atom stereocenters. The van der Waals surface area contributed by atoms with E-state index in [0.29, 0.717) is 0 Å². The van der Waals surface area contributed by atoms with Gasteiger partial charge in [-0.1, -0.05) is 0 Å². The Balaban J connectivity index is 2.36. The third kappa shape index (κ3) is 1.72. The lowest BCUT2D eigenvalue weighted by Crippen LogP contribution is -2.58. The SMILES string of the molecule is CC(C)(C)OC1[C@@H]2COC1(C(F)(F)F)C(=O)O2. The molecule has 0 aromatic carbocycles. The fourth-order valence-electron chi connectivity index (χ4n) is 2.04. The smallest absolute Gasteiger partial charge is 0.431 e. The van der Waals surface area contributed by atoms with Gasteiger partial charge in [-0.3, -0.25) is 0 Å². The summed E-state index contributed by atoms with van der Waals surface area (Å²) in [6.07, 6.45) is -7.26. The van der Waals surface area contributed by atoms with Crippen molar-refractivity contribution in [3.63, 3.8) is 0 Å². The van der Waals surface area contributed by atoms with Crippen molar-refractivity contribution in [2.24, 2.45) is 0 Å². The molecule has 2 aliphatic rings. The molecule has 2 heterocycles. The van der Waals surface area contributed by atoms with Crippen LogP contribution in [0.3, 0.4) is 0 Å². The van der Waals surface area contributed by atoms with Gasteiger partial charge in [0, 0.05) is 0 Å². The molecule has 98 valence electrons. The maximum Gasteiger partial charge on any atom is 0.431 e. The Hall–Kier alpha value is -0.820. The van der Waals surface area contributed by atoms with Crippen molar-refractivity contribution in [1.29, 1.82) is 0 Å². The fraction of sp³-hybridized carbons (Fsp3) is 0.900. The first-order chi connectivity index (χ1) is 7.58. The fourth-order valence-corrected chi connectivity index (χ4v) is 2.04. The minimum Gasteiger partial charge on any atom is -0.455 e. The molecule has 2 aliphatic heterocycles. The van der Waals surface area contributed by atoms with Gasteiger partial charge in [0.25, 0.3) is 5.60 Å². The molecule has 0 saturated carbocycles. The van der Waals surface area contributed by atoms with Crippen molar-refractivity contribution in [3.8, 4) is 0 Å². The standard InChI is InChI=1S/C10H13F3O4/c1-8(2,3)17-6-5-4-15-9(6,7(14)16-5)10(11,12)13/h5-6H,4H2,1-3H3/t5-,6?,9?/m0/s1. The van der Waals surface area contributed by atoms with Crippen molar-refractivity contribution >= 4 is 5.97 Å². The largest absolute Gasteiger partial charge is 0.455 e. The minimum absolute atomic E-state index is 0.286. The van der Waals surface area contributed by atoms with Crippen LogP contribution in [-0.2, 0) is 19.0 Å². The quantitative estimate of drug-likeness (QED) is 0.664. The molecule has 2 saturated heterocycles. The van der Waals surface area contributed by atoms with Crippen molar-refractivity contribution in [1.82, 2.24) is 0 Å². The van der Waals surface area contributed by atoms with Gasteiger partial charge in [0.05, 0.1) is 12.2 Å². The number of rotatable bonds is 1. The summed E-state index contributed by atoms with van der Waals surface area (Å²) in [4.78, 5) is 11.4. The topological polar surface area (TPSA) is 44.8 Å². The van der Waals surface area contributed by atoms with Gasteiger partial charge >= 0.3 is 12.1 Å². The van der Waals surface area contributed by atoms with E-state index < -0.39 is 35.6 Å². The van der Waals surface area contributed by atoms with Crippen LogP contribution in [0.25, 0.3) is 0 Å². The van der Waals surface area contributed by atoms with Gasteiger partial charge in [-0.05, 0) is 20.8 Å². The first-order valence-electron chi connectivity index (χ1n) is 5.17. The lowest BCUT2D eigenvalue weighted by atomic mass is 9.97. The van der Waals surface area contributed by atoms with Crippen molar-refractivity contribution in [2.45, 2.75) is 50.4 Å². The van der Waals surface area contributed by atoms with Crippen LogP contribution in [0, 0.1) is 0 Å². The number of esters is 1. The van der Waals surface area contributed by atoms with Crippen molar-refractivity contribution in [2.75, 3.05) is 6.61 Å². The summed E-state index contributed by atoms with van der Waals surface area (Å²) in [5, 5.41) is 0. The van der Waals surface area contributed by atoms with Gasteiger partial charge in [-0.25, -0.2) is 4.79 Å². The molecule has 0 aromatic heterocycles. The summed E-state index contributed by atoms with van der Waals surface area (Å²) in [5.74, 6) is -1.41. The molecular weight excluding hydrogens is 241 g/mol. The number of halogens is 3. The van der Waals surface area contributed by atoms with Crippen LogP contribution in [0.4, 0.5) is 13.2 Å². The van der Waals surface area contributed by atoms with Gasteiger partial charge < -0.3 is 14.2 Å². The van der Waals surface area contributed by atoms with E-state index in [9.17, 15) is 18.0 Å². The van der Waals surface area contributed by atoms with Crippen LogP contribution < -0.4 is 0 Å². The third-order valence-corrected chi connectivity index (χ3v) is 2.68. The molecule has 17 heavy (non-hydrogen) atoms. The summed E-state index contributed by atoms with van der Waals surface area (Å²) in [6.45, 7) is 4.55. The van der Waals surface area contributed by atoms with Gasteiger partial charge in [0.15, 0.2) is 6.10 Å². The molecular formula is C10H13F3O4. The number of alkyl halides is 3. The molecule has 0 amide bonds. The number of ether oxygens (including phenoxy) is 3. The lowest BCUT2D eigenvalue weighted by molar-refractivity contribution is -0.284. The van der Waals surface area contributed by atoms with Gasteiger partial charge in [0.1, 0.15) is 6.10 Å². The van der Waals surface area contributed by atoms with Crippen LogP contribution in [0.2, 0.25) is 0 Å². The molecule has 0 aliphatic carbocycles. The Morgan fingerprint density at radius 3 is 2.35 bits per heavy atom. The number of fused-ring (bicyclic) bond motifs is 2. The number of carbonyl (C=O) groups excluding carboxylic acids is 1. The zero-order valence-corrected chi connectivity index (χ0v) is 9.63. The van der Waals surface area contributed by atoms with E-state index in [1.54, 1.807) is 20.8 Å². The minimum atomic E-state index is -4.84. The van der Waals surface area contributed by atoms with E-state index in [0.717, 1.165) is 0 Å². The predicted molar refractivity (Wildman–Crippen MR) is 49.2 cm³/mol. The Bertz CT molecular complexity index is 346. The summed E-state index contributed by atoms with van der Waals surface area (Å²) < 4.78 is 53.6. The second-order valence-corrected chi connectivity index (χ2v) is 5.14. The van der Waals surface area contributed by atoms with Gasteiger partial charge in [0.2, 0.25) is 0 Å². The zero-order chi connectivity index (χ0) is 13.1. The highest BCUT2D eigenvalue weighted by Gasteiger charge is 2.78. The van der Waals surface area contributed by atoms with Gasteiger partial charge in [-0.15, -0.1) is 0 Å². The van der Waals surface area contributed by atoms with Crippen LogP contribution in [0.15, 0.2) is 0 Å². The normalized spacial score (nSPS) is 37.4. The Morgan fingerprint density at radius 1 is 1.35 bits per heavy atom. The summed E-state index contributed by atoms with van der Waals surface area (Å²) >= 11 is 0. The molecule has 0 radical (unpaired) electrons. The molecule has 2 fully saturated rings. The zero-order valence-electron chi connectivity index (χ0n) is 9.63. The van der Waals surface area contributed by atoms with Crippen molar-refractivity contribution < 1.29 is 32.2 Å². The number of hydrogen-bond donors (Lipinski definition) is 0. The maximum absolute atomic E-state index is 13.0. The average Bonchev–Trinajstić information content (AvgIpc) is 2.54. The second kappa shape index (κ2) is 3.35. The molecule has 0 aromatic rings. The van der Waals surface area contributed by atoms with E-state index in [1.165, 1.54) is 0 Å². The molecule has 0 spiro atoms. The Morgan fingerprint density at radius 2 is 1.94 bits per heavy atom. The van der Waals surface area contributed by atoms with Crippen LogP contribution in [0.5, 0.6) is 0 Å². The van der Waals surface area contributed by atoms with Crippen LogP contribution >= 0.6 is 0 Å². The van der Waals surface area contributed by atoms with E-state index in [2.05, 4.69) is 9.47 Å². The van der Waals surface area contributed by atoms with Crippen LogP contribution in [-0.4, -0.2) is 42.2 Å². The first-order valence-corrected chi connectivity index (χ1v) is 5.17. The first kappa shape index (κ1) is 12.6. The highest BCUT2D eigenvalue weighted by atomic mass is 19.4. The van der Waals surface area contributed by atoms with E-state index >= 15 is 0 Å². The predicted octanol–water partition coefficient (Wildman–Crippen LogP) is 1.43. The monoisotopic (exact) mass is 254 g/mol. The van der Waals surface area contributed by atoms with E-state index in [-0.39, 0.29) is 6.61 Å².